The van der Waals surface area contributed by atoms with Crippen molar-refractivity contribution in [3.63, 3.8) is 0 Å². The summed E-state index contributed by atoms with van der Waals surface area (Å²) in [6, 6.07) is 11.5. The van der Waals surface area contributed by atoms with Crippen LogP contribution in [0, 0.1) is 0 Å². The van der Waals surface area contributed by atoms with Crippen molar-refractivity contribution in [1.29, 1.82) is 0 Å². The fourth-order valence-electron chi connectivity index (χ4n) is 1.46. The second-order valence-corrected chi connectivity index (χ2v) is 4.42. The Hall–Kier alpha value is -1.71. The molecule has 2 aromatic carbocycles. The van der Waals surface area contributed by atoms with Gasteiger partial charge in [0.05, 0.1) is 21.3 Å². The zero-order valence-electron chi connectivity index (χ0n) is 9.15. The lowest BCUT2D eigenvalue weighted by atomic mass is 10.2. The number of aromatic carboxylic acids is 1. The van der Waals surface area contributed by atoms with E-state index in [4.69, 9.17) is 28.3 Å². The van der Waals surface area contributed by atoms with Gasteiger partial charge in [0.1, 0.15) is 0 Å². The van der Waals surface area contributed by atoms with Crippen molar-refractivity contribution in [2.75, 3.05) is 5.32 Å². The van der Waals surface area contributed by atoms with E-state index in [1.54, 1.807) is 30.3 Å². The molecule has 18 heavy (non-hydrogen) atoms. The molecule has 0 amide bonds. The average molecular weight is 282 g/mol. The van der Waals surface area contributed by atoms with Crippen LogP contribution in [-0.2, 0) is 0 Å². The van der Waals surface area contributed by atoms with Gasteiger partial charge in [0, 0.05) is 5.69 Å². The van der Waals surface area contributed by atoms with Crippen LogP contribution < -0.4 is 5.32 Å². The Morgan fingerprint density at radius 2 is 1.56 bits per heavy atom. The highest BCUT2D eigenvalue weighted by Gasteiger charge is 2.06. The number of rotatable bonds is 3. The molecule has 0 spiro atoms. The molecular formula is C13H9Cl2NO2. The predicted molar refractivity (Wildman–Crippen MR) is 73.1 cm³/mol. The fourth-order valence-corrected chi connectivity index (χ4v) is 1.95. The molecule has 0 bridgehead atoms. The lowest BCUT2D eigenvalue weighted by Gasteiger charge is -2.10. The molecule has 5 heteroatoms. The van der Waals surface area contributed by atoms with Crippen LogP contribution in [0.5, 0.6) is 0 Å². The highest BCUT2D eigenvalue weighted by Crippen LogP contribution is 2.32. The molecule has 2 N–H and O–H groups in total. The number of para-hydroxylation sites is 1. The Kier molecular flexibility index (Phi) is 3.75. The Balaban J connectivity index is 2.26. The van der Waals surface area contributed by atoms with Crippen molar-refractivity contribution in [2.45, 2.75) is 0 Å². The van der Waals surface area contributed by atoms with Crippen molar-refractivity contribution in [2.24, 2.45) is 0 Å². The van der Waals surface area contributed by atoms with Crippen molar-refractivity contribution >= 4 is 40.5 Å². The van der Waals surface area contributed by atoms with Crippen LogP contribution >= 0.6 is 23.2 Å². The number of hydrogen-bond donors (Lipinski definition) is 2. The first-order valence-corrected chi connectivity index (χ1v) is 5.88. The van der Waals surface area contributed by atoms with Gasteiger partial charge >= 0.3 is 5.97 Å². The molecule has 0 unspecified atom stereocenters. The maximum Gasteiger partial charge on any atom is 0.335 e. The van der Waals surface area contributed by atoms with Gasteiger partial charge in [-0.25, -0.2) is 4.79 Å². The summed E-state index contributed by atoms with van der Waals surface area (Å²) in [5, 5.41) is 12.8. The zero-order chi connectivity index (χ0) is 13.1. The molecule has 0 saturated carbocycles. The summed E-state index contributed by atoms with van der Waals surface area (Å²) in [6.07, 6.45) is 0. The number of hydrogen-bond acceptors (Lipinski definition) is 2. The Bertz CT molecular complexity index is 562. The molecule has 2 rings (SSSR count). The van der Waals surface area contributed by atoms with E-state index in [0.717, 1.165) is 5.69 Å². The molecular weight excluding hydrogens is 273 g/mol. The number of anilines is 2. The van der Waals surface area contributed by atoms with Gasteiger partial charge in [-0.05, 0) is 36.4 Å². The fraction of sp³-hybridized carbons (Fsp3) is 0. The predicted octanol–water partition coefficient (Wildman–Crippen LogP) is 4.44. The Labute approximate surface area is 114 Å². The smallest absolute Gasteiger partial charge is 0.335 e. The summed E-state index contributed by atoms with van der Waals surface area (Å²) >= 11 is 12.0. The van der Waals surface area contributed by atoms with Crippen molar-refractivity contribution in [3.05, 3.63) is 58.1 Å². The first-order chi connectivity index (χ1) is 8.58. The van der Waals surface area contributed by atoms with Crippen LogP contribution in [0.3, 0.4) is 0 Å². The highest BCUT2D eigenvalue weighted by molar-refractivity contribution is 6.39. The minimum absolute atomic E-state index is 0.228. The maximum absolute atomic E-state index is 10.7. The van der Waals surface area contributed by atoms with Gasteiger partial charge in [0.2, 0.25) is 0 Å². The average Bonchev–Trinajstić information content (AvgIpc) is 2.34. The molecule has 0 aromatic heterocycles. The van der Waals surface area contributed by atoms with E-state index in [-0.39, 0.29) is 5.56 Å². The number of nitrogens with one attached hydrogen (secondary N) is 1. The molecule has 3 nitrogen and oxygen atoms in total. The third-order valence-electron chi connectivity index (χ3n) is 2.36. The van der Waals surface area contributed by atoms with Crippen LogP contribution in [-0.4, -0.2) is 11.1 Å². The van der Waals surface area contributed by atoms with Gasteiger partial charge < -0.3 is 10.4 Å². The van der Waals surface area contributed by atoms with Crippen LogP contribution in [0.4, 0.5) is 11.4 Å². The largest absolute Gasteiger partial charge is 0.478 e. The van der Waals surface area contributed by atoms with E-state index in [9.17, 15) is 4.79 Å². The molecule has 0 aliphatic carbocycles. The summed E-state index contributed by atoms with van der Waals surface area (Å²) < 4.78 is 0. The molecule has 0 saturated heterocycles. The van der Waals surface area contributed by atoms with Crippen LogP contribution in [0.25, 0.3) is 0 Å². The van der Waals surface area contributed by atoms with Gasteiger partial charge in [-0.1, -0.05) is 29.3 Å². The Morgan fingerprint density at radius 3 is 2.06 bits per heavy atom. The minimum Gasteiger partial charge on any atom is -0.478 e. The van der Waals surface area contributed by atoms with E-state index in [1.807, 2.05) is 0 Å². The molecule has 0 radical (unpaired) electrons. The number of halogens is 2. The van der Waals surface area contributed by atoms with Gasteiger partial charge in [-0.15, -0.1) is 0 Å². The second-order valence-electron chi connectivity index (χ2n) is 3.60. The zero-order valence-corrected chi connectivity index (χ0v) is 10.7. The van der Waals surface area contributed by atoms with Crippen molar-refractivity contribution in [3.8, 4) is 0 Å². The molecule has 0 atom stereocenters. The molecule has 0 aliphatic heterocycles. The minimum atomic E-state index is -0.961. The second kappa shape index (κ2) is 5.29. The summed E-state index contributed by atoms with van der Waals surface area (Å²) in [5.74, 6) is -0.961. The normalized spacial score (nSPS) is 10.1. The monoisotopic (exact) mass is 281 g/mol. The lowest BCUT2D eigenvalue weighted by molar-refractivity contribution is 0.0697. The van der Waals surface area contributed by atoms with Crippen LogP contribution in [0.1, 0.15) is 10.4 Å². The molecule has 0 aliphatic rings. The maximum atomic E-state index is 10.7. The Morgan fingerprint density at radius 1 is 1.00 bits per heavy atom. The number of carboxylic acids is 1. The van der Waals surface area contributed by atoms with Crippen molar-refractivity contribution in [1.82, 2.24) is 0 Å². The highest BCUT2D eigenvalue weighted by atomic mass is 35.5. The van der Waals surface area contributed by atoms with E-state index in [1.165, 1.54) is 12.1 Å². The third kappa shape index (κ3) is 2.75. The number of carbonyl (C=O) groups is 1. The first-order valence-electron chi connectivity index (χ1n) is 5.12. The van der Waals surface area contributed by atoms with Gasteiger partial charge in [-0.3, -0.25) is 0 Å². The quantitative estimate of drug-likeness (QED) is 0.875. The summed E-state index contributed by atoms with van der Waals surface area (Å²) in [5.41, 5.74) is 1.55. The van der Waals surface area contributed by atoms with E-state index in [2.05, 4.69) is 5.32 Å². The van der Waals surface area contributed by atoms with Gasteiger partial charge in [0.25, 0.3) is 0 Å². The SMILES string of the molecule is O=C(O)c1ccc(Nc2c(Cl)cccc2Cl)cc1. The number of benzene rings is 2. The third-order valence-corrected chi connectivity index (χ3v) is 2.99. The summed E-state index contributed by atoms with van der Waals surface area (Å²) in [6.45, 7) is 0. The van der Waals surface area contributed by atoms with Crippen LogP contribution in [0.2, 0.25) is 10.0 Å². The summed E-state index contributed by atoms with van der Waals surface area (Å²) in [4.78, 5) is 10.7. The van der Waals surface area contributed by atoms with Crippen molar-refractivity contribution < 1.29 is 9.90 Å². The van der Waals surface area contributed by atoms with E-state index in [0.29, 0.717) is 15.7 Å². The molecule has 2 aromatic rings. The molecule has 0 fully saturated rings. The van der Waals surface area contributed by atoms with E-state index >= 15 is 0 Å². The topological polar surface area (TPSA) is 49.3 Å². The van der Waals surface area contributed by atoms with E-state index < -0.39 is 5.97 Å². The standard InChI is InChI=1S/C13H9Cl2NO2/c14-10-2-1-3-11(15)12(10)16-9-6-4-8(5-7-9)13(17)18/h1-7,16H,(H,17,18). The van der Waals surface area contributed by atoms with Crippen LogP contribution in [0.15, 0.2) is 42.5 Å². The molecule has 92 valence electrons. The van der Waals surface area contributed by atoms with Gasteiger partial charge in [0.15, 0.2) is 0 Å². The first kappa shape index (κ1) is 12.7. The van der Waals surface area contributed by atoms with Gasteiger partial charge in [-0.2, -0.15) is 0 Å². The molecule has 0 heterocycles. The summed E-state index contributed by atoms with van der Waals surface area (Å²) in [7, 11) is 0. The lowest BCUT2D eigenvalue weighted by Crippen LogP contribution is -1.97. The number of carboxylic acid groups (broad SMARTS) is 1.